The second-order valence-corrected chi connectivity index (χ2v) is 9.15. The highest BCUT2D eigenvalue weighted by Gasteiger charge is 2.34. The van der Waals surface area contributed by atoms with E-state index >= 15 is 0 Å². The highest BCUT2D eigenvalue weighted by Crippen LogP contribution is 2.34. The van der Waals surface area contributed by atoms with Gasteiger partial charge in [-0.15, -0.1) is 11.3 Å². The first kappa shape index (κ1) is 21.4. The molecule has 2 aliphatic heterocycles. The molecule has 0 saturated carbocycles. The molecule has 0 radical (unpaired) electrons. The fourth-order valence-corrected chi connectivity index (χ4v) is 4.92. The quantitative estimate of drug-likeness (QED) is 0.535. The van der Waals surface area contributed by atoms with Gasteiger partial charge in [0.2, 0.25) is 0 Å². The van der Waals surface area contributed by atoms with Crippen molar-refractivity contribution < 1.29 is 14.3 Å². The molecular formula is C26H25N3O3S. The lowest BCUT2D eigenvalue weighted by Crippen LogP contribution is -2.32. The molecule has 1 aromatic heterocycles. The van der Waals surface area contributed by atoms with Crippen LogP contribution in [-0.4, -0.2) is 47.1 Å². The molecule has 7 heteroatoms. The van der Waals surface area contributed by atoms with Crippen molar-refractivity contribution in [1.82, 2.24) is 9.91 Å². The SMILES string of the molecule is O=C(COc1ccc(C2=NN(C(=O)c3cccs3)C(c3ccccc3)C2)cc1)N1CCCC1. The number of likely N-dealkylation sites (tertiary alicyclic amines) is 1. The van der Waals surface area contributed by atoms with E-state index in [1.165, 1.54) is 11.3 Å². The minimum Gasteiger partial charge on any atom is -0.484 e. The van der Waals surface area contributed by atoms with Crippen LogP contribution in [0.4, 0.5) is 0 Å². The van der Waals surface area contributed by atoms with Crippen LogP contribution in [0.25, 0.3) is 0 Å². The van der Waals surface area contributed by atoms with Gasteiger partial charge in [-0.1, -0.05) is 36.4 Å². The van der Waals surface area contributed by atoms with Crippen molar-refractivity contribution in [2.75, 3.05) is 19.7 Å². The van der Waals surface area contributed by atoms with E-state index in [1.54, 1.807) is 5.01 Å². The molecule has 3 aromatic rings. The van der Waals surface area contributed by atoms with E-state index in [-0.39, 0.29) is 24.5 Å². The zero-order valence-corrected chi connectivity index (χ0v) is 19.0. The maximum absolute atomic E-state index is 13.2. The van der Waals surface area contributed by atoms with Gasteiger partial charge in [0.15, 0.2) is 6.61 Å². The molecule has 2 amide bonds. The van der Waals surface area contributed by atoms with Gasteiger partial charge < -0.3 is 9.64 Å². The first-order valence-electron chi connectivity index (χ1n) is 11.2. The summed E-state index contributed by atoms with van der Waals surface area (Å²) in [5.41, 5.74) is 2.85. The molecule has 3 heterocycles. The first-order chi connectivity index (χ1) is 16.2. The number of benzene rings is 2. The van der Waals surface area contributed by atoms with Crippen molar-refractivity contribution in [3.8, 4) is 5.75 Å². The van der Waals surface area contributed by atoms with Crippen LogP contribution >= 0.6 is 11.3 Å². The Kier molecular flexibility index (Phi) is 6.21. The summed E-state index contributed by atoms with van der Waals surface area (Å²) in [7, 11) is 0. The summed E-state index contributed by atoms with van der Waals surface area (Å²) < 4.78 is 5.70. The second-order valence-electron chi connectivity index (χ2n) is 8.21. The molecule has 2 aliphatic rings. The topological polar surface area (TPSA) is 62.2 Å². The van der Waals surface area contributed by atoms with Crippen LogP contribution in [-0.2, 0) is 4.79 Å². The normalized spacial score (nSPS) is 17.8. The van der Waals surface area contributed by atoms with E-state index in [9.17, 15) is 9.59 Å². The molecule has 0 N–H and O–H groups in total. The van der Waals surface area contributed by atoms with Gasteiger partial charge in [-0.2, -0.15) is 5.10 Å². The minimum atomic E-state index is -0.148. The maximum Gasteiger partial charge on any atom is 0.284 e. The third kappa shape index (κ3) is 4.68. The molecule has 1 unspecified atom stereocenters. The number of carbonyl (C=O) groups is 2. The van der Waals surface area contributed by atoms with E-state index in [4.69, 9.17) is 9.84 Å². The third-order valence-electron chi connectivity index (χ3n) is 6.04. The third-order valence-corrected chi connectivity index (χ3v) is 6.90. The lowest BCUT2D eigenvalue weighted by molar-refractivity contribution is -0.132. The Morgan fingerprint density at radius 2 is 1.73 bits per heavy atom. The number of amides is 2. The number of ether oxygens (including phenoxy) is 1. The Labute approximate surface area is 197 Å². The Bertz CT molecular complexity index is 1140. The number of nitrogens with zero attached hydrogens (tertiary/aromatic N) is 3. The zero-order valence-electron chi connectivity index (χ0n) is 18.2. The zero-order chi connectivity index (χ0) is 22.6. The van der Waals surface area contributed by atoms with Gasteiger partial charge in [-0.25, -0.2) is 5.01 Å². The lowest BCUT2D eigenvalue weighted by Gasteiger charge is -2.21. The maximum atomic E-state index is 13.2. The van der Waals surface area contributed by atoms with Crippen molar-refractivity contribution in [2.45, 2.75) is 25.3 Å². The van der Waals surface area contributed by atoms with Crippen molar-refractivity contribution in [1.29, 1.82) is 0 Å². The van der Waals surface area contributed by atoms with Crippen LogP contribution in [0.15, 0.2) is 77.2 Å². The average molecular weight is 460 g/mol. The molecule has 5 rings (SSSR count). The van der Waals surface area contributed by atoms with Crippen LogP contribution in [0.1, 0.15) is 46.1 Å². The van der Waals surface area contributed by atoms with E-state index in [0.717, 1.165) is 42.8 Å². The number of hydrogen-bond donors (Lipinski definition) is 0. The molecule has 0 aliphatic carbocycles. The van der Waals surface area contributed by atoms with Gasteiger partial charge in [-0.05, 0) is 59.7 Å². The summed E-state index contributed by atoms with van der Waals surface area (Å²) in [6.07, 6.45) is 2.77. The predicted molar refractivity (Wildman–Crippen MR) is 129 cm³/mol. The Hall–Kier alpha value is -3.45. The fourth-order valence-electron chi connectivity index (χ4n) is 4.27. The van der Waals surface area contributed by atoms with Crippen LogP contribution in [0.2, 0.25) is 0 Å². The molecule has 2 aromatic carbocycles. The van der Waals surface area contributed by atoms with Crippen molar-refractivity contribution in [2.24, 2.45) is 5.10 Å². The summed E-state index contributed by atoms with van der Waals surface area (Å²) in [6.45, 7) is 1.70. The van der Waals surface area contributed by atoms with Crippen molar-refractivity contribution >= 4 is 28.9 Å². The molecule has 1 atom stereocenters. The highest BCUT2D eigenvalue weighted by atomic mass is 32.1. The Morgan fingerprint density at radius 1 is 0.970 bits per heavy atom. The van der Waals surface area contributed by atoms with E-state index < -0.39 is 0 Å². The van der Waals surface area contributed by atoms with E-state index in [2.05, 4.69) is 0 Å². The van der Waals surface area contributed by atoms with Gasteiger partial charge in [-0.3, -0.25) is 9.59 Å². The van der Waals surface area contributed by atoms with Crippen molar-refractivity contribution in [3.63, 3.8) is 0 Å². The Morgan fingerprint density at radius 3 is 2.42 bits per heavy atom. The number of hydrogen-bond acceptors (Lipinski definition) is 5. The monoisotopic (exact) mass is 459 g/mol. The van der Waals surface area contributed by atoms with Gasteiger partial charge in [0.1, 0.15) is 5.75 Å². The predicted octanol–water partition coefficient (Wildman–Crippen LogP) is 4.74. The number of hydrazone groups is 1. The summed E-state index contributed by atoms with van der Waals surface area (Å²) in [5, 5.41) is 8.24. The van der Waals surface area contributed by atoms with Gasteiger partial charge in [0.25, 0.3) is 11.8 Å². The number of carbonyl (C=O) groups excluding carboxylic acids is 2. The minimum absolute atomic E-state index is 0.0326. The molecule has 1 saturated heterocycles. The van der Waals surface area contributed by atoms with Crippen LogP contribution in [0.3, 0.4) is 0 Å². The van der Waals surface area contributed by atoms with Crippen LogP contribution in [0.5, 0.6) is 5.75 Å². The molecule has 0 spiro atoms. The lowest BCUT2D eigenvalue weighted by atomic mass is 9.98. The van der Waals surface area contributed by atoms with Gasteiger partial charge >= 0.3 is 0 Å². The largest absolute Gasteiger partial charge is 0.484 e. The molecule has 0 bridgehead atoms. The Balaban J connectivity index is 1.32. The van der Waals surface area contributed by atoms with E-state index in [1.807, 2.05) is 77.0 Å². The fraction of sp³-hybridized carbons (Fsp3) is 0.269. The van der Waals surface area contributed by atoms with Crippen molar-refractivity contribution in [3.05, 3.63) is 88.1 Å². The highest BCUT2D eigenvalue weighted by molar-refractivity contribution is 7.12. The summed E-state index contributed by atoms with van der Waals surface area (Å²) in [4.78, 5) is 27.9. The van der Waals surface area contributed by atoms with E-state index in [0.29, 0.717) is 17.0 Å². The smallest absolute Gasteiger partial charge is 0.284 e. The van der Waals surface area contributed by atoms with Gasteiger partial charge in [0.05, 0.1) is 16.6 Å². The molecular weight excluding hydrogens is 434 g/mol. The average Bonchev–Trinajstić information content (AvgIpc) is 3.64. The first-order valence-corrected chi connectivity index (χ1v) is 12.1. The number of thiophene rings is 1. The van der Waals surface area contributed by atoms with Crippen LogP contribution < -0.4 is 4.74 Å². The van der Waals surface area contributed by atoms with Crippen LogP contribution in [0, 0.1) is 0 Å². The molecule has 6 nitrogen and oxygen atoms in total. The van der Waals surface area contributed by atoms with Gasteiger partial charge in [0, 0.05) is 19.5 Å². The second kappa shape index (κ2) is 9.58. The summed E-state index contributed by atoms with van der Waals surface area (Å²) in [5.74, 6) is 0.593. The summed E-state index contributed by atoms with van der Waals surface area (Å²) in [6, 6.07) is 21.2. The summed E-state index contributed by atoms with van der Waals surface area (Å²) >= 11 is 1.42. The molecule has 168 valence electrons. The molecule has 1 fully saturated rings. The number of rotatable bonds is 6. The molecule has 33 heavy (non-hydrogen) atoms. The standard InChI is InChI=1S/C26H25N3O3S/c30-25(28-14-4-5-15-28)18-32-21-12-10-19(11-13-21)22-17-23(20-7-2-1-3-8-20)29(27-22)26(31)24-9-6-16-33-24/h1-3,6-13,16,23H,4-5,14-15,17-18H2.